The lowest BCUT2D eigenvalue weighted by atomic mass is 9.85. The number of piperidine rings is 1. The standard InChI is InChI=1S/C18H23N5O3/c1-22-10-19-8-14(22)16-12(6-7-15(24)23(16)2)20-17(25)13-9-26-18(21-13)11-4-3-5-11/h8-12,16H,3-7H2,1-2H3,(H,20,25)/t12-,16-/m1/s1. The maximum absolute atomic E-state index is 12.7. The van der Waals surface area contributed by atoms with Crippen LogP contribution in [0.4, 0.5) is 0 Å². The van der Waals surface area contributed by atoms with Crippen LogP contribution in [0.5, 0.6) is 0 Å². The first kappa shape index (κ1) is 16.8. The highest BCUT2D eigenvalue weighted by Gasteiger charge is 2.37. The summed E-state index contributed by atoms with van der Waals surface area (Å²) in [4.78, 5) is 35.1. The summed E-state index contributed by atoms with van der Waals surface area (Å²) >= 11 is 0. The number of likely N-dealkylation sites (tertiary alicyclic amines) is 1. The number of amides is 2. The van der Waals surface area contributed by atoms with Crippen LogP contribution in [0.1, 0.15) is 66.1 Å². The average Bonchev–Trinajstić information content (AvgIpc) is 3.19. The third-order valence-corrected chi connectivity index (χ3v) is 5.54. The van der Waals surface area contributed by atoms with Gasteiger partial charge in [-0.15, -0.1) is 0 Å². The van der Waals surface area contributed by atoms with Gasteiger partial charge in [0.2, 0.25) is 5.91 Å². The van der Waals surface area contributed by atoms with Crippen LogP contribution < -0.4 is 5.32 Å². The van der Waals surface area contributed by atoms with Gasteiger partial charge in [0.05, 0.1) is 30.3 Å². The van der Waals surface area contributed by atoms with Crippen LogP contribution >= 0.6 is 0 Å². The molecule has 4 rings (SSSR count). The minimum Gasteiger partial charge on any atom is -0.448 e. The zero-order chi connectivity index (χ0) is 18.3. The average molecular weight is 357 g/mol. The van der Waals surface area contributed by atoms with Gasteiger partial charge in [-0.05, 0) is 19.3 Å². The number of nitrogens with zero attached hydrogens (tertiary/aromatic N) is 4. The van der Waals surface area contributed by atoms with E-state index in [1.165, 1.54) is 12.7 Å². The molecule has 26 heavy (non-hydrogen) atoms. The van der Waals surface area contributed by atoms with E-state index in [9.17, 15) is 9.59 Å². The van der Waals surface area contributed by atoms with E-state index in [4.69, 9.17) is 4.42 Å². The van der Waals surface area contributed by atoms with Gasteiger partial charge < -0.3 is 19.2 Å². The minimum atomic E-state index is -0.265. The third kappa shape index (κ3) is 2.89. The number of likely N-dealkylation sites (N-methyl/N-ethyl adjacent to an activating group) is 1. The van der Waals surface area contributed by atoms with Crippen molar-refractivity contribution < 1.29 is 14.0 Å². The Bertz CT molecular complexity index is 822. The fraction of sp³-hybridized carbons (Fsp3) is 0.556. The van der Waals surface area contributed by atoms with Gasteiger partial charge in [0.1, 0.15) is 6.26 Å². The molecule has 0 unspecified atom stereocenters. The molecule has 8 nitrogen and oxygen atoms in total. The van der Waals surface area contributed by atoms with E-state index in [1.54, 1.807) is 24.5 Å². The molecule has 2 aliphatic rings. The smallest absolute Gasteiger partial charge is 0.273 e. The number of aromatic nitrogens is 3. The molecule has 2 aromatic heterocycles. The number of carbonyl (C=O) groups is 2. The van der Waals surface area contributed by atoms with Crippen molar-refractivity contribution in [2.24, 2.45) is 7.05 Å². The number of nitrogens with one attached hydrogen (secondary N) is 1. The number of hydrogen-bond donors (Lipinski definition) is 1. The first-order valence-corrected chi connectivity index (χ1v) is 9.02. The number of oxazole rings is 1. The Labute approximate surface area is 151 Å². The van der Waals surface area contributed by atoms with Gasteiger partial charge in [-0.3, -0.25) is 9.59 Å². The number of aryl methyl sites for hydroxylation is 1. The zero-order valence-electron chi connectivity index (χ0n) is 15.0. The van der Waals surface area contributed by atoms with E-state index >= 15 is 0 Å². The number of imidazole rings is 1. The van der Waals surface area contributed by atoms with E-state index in [1.807, 2.05) is 11.6 Å². The summed E-state index contributed by atoms with van der Waals surface area (Å²) in [6, 6.07) is -0.463. The summed E-state index contributed by atoms with van der Waals surface area (Å²) in [6.45, 7) is 0. The molecule has 1 aliphatic heterocycles. The van der Waals surface area contributed by atoms with Crippen molar-refractivity contribution in [3.63, 3.8) is 0 Å². The van der Waals surface area contributed by atoms with Crippen molar-refractivity contribution in [2.75, 3.05) is 7.05 Å². The number of rotatable bonds is 4. The van der Waals surface area contributed by atoms with E-state index in [0.29, 0.717) is 30.3 Å². The maximum Gasteiger partial charge on any atom is 0.273 e. The molecule has 1 saturated carbocycles. The molecule has 2 aromatic rings. The second-order valence-corrected chi connectivity index (χ2v) is 7.20. The number of hydrogen-bond acceptors (Lipinski definition) is 5. The SMILES string of the molecule is CN1C(=O)CC[C@@H](NC(=O)c2coc(C3CCC3)n2)[C@@H]1c1cncn1C. The quantitative estimate of drug-likeness (QED) is 0.900. The molecule has 0 bridgehead atoms. The van der Waals surface area contributed by atoms with Gasteiger partial charge in [-0.1, -0.05) is 6.42 Å². The van der Waals surface area contributed by atoms with Gasteiger partial charge in [-0.2, -0.15) is 0 Å². The molecule has 0 aromatic carbocycles. The summed E-state index contributed by atoms with van der Waals surface area (Å²) < 4.78 is 7.36. The van der Waals surface area contributed by atoms with E-state index < -0.39 is 0 Å². The van der Waals surface area contributed by atoms with Crippen molar-refractivity contribution in [3.8, 4) is 0 Å². The van der Waals surface area contributed by atoms with Crippen LogP contribution in [0.3, 0.4) is 0 Å². The zero-order valence-corrected chi connectivity index (χ0v) is 15.0. The van der Waals surface area contributed by atoms with Crippen LogP contribution in [-0.2, 0) is 11.8 Å². The van der Waals surface area contributed by atoms with Gasteiger partial charge in [0, 0.05) is 26.4 Å². The molecule has 1 aliphatic carbocycles. The Kier molecular flexibility index (Phi) is 4.26. The highest BCUT2D eigenvalue weighted by Crippen LogP contribution is 2.35. The van der Waals surface area contributed by atoms with Gasteiger partial charge >= 0.3 is 0 Å². The summed E-state index contributed by atoms with van der Waals surface area (Å²) in [5.41, 5.74) is 1.19. The molecule has 0 spiro atoms. The Balaban J connectivity index is 1.53. The summed E-state index contributed by atoms with van der Waals surface area (Å²) in [5, 5.41) is 3.04. The normalized spacial score (nSPS) is 23.8. The molecule has 3 heterocycles. The van der Waals surface area contributed by atoms with Crippen LogP contribution in [0.2, 0.25) is 0 Å². The van der Waals surface area contributed by atoms with Gasteiger partial charge in [0.15, 0.2) is 11.6 Å². The van der Waals surface area contributed by atoms with Crippen LogP contribution in [0.15, 0.2) is 23.2 Å². The molecule has 1 N–H and O–H groups in total. The topological polar surface area (TPSA) is 93.3 Å². The Morgan fingerprint density at radius 1 is 1.31 bits per heavy atom. The Hall–Kier alpha value is -2.64. The van der Waals surface area contributed by atoms with E-state index in [-0.39, 0.29) is 23.9 Å². The third-order valence-electron chi connectivity index (χ3n) is 5.54. The van der Waals surface area contributed by atoms with Crippen molar-refractivity contribution in [1.29, 1.82) is 0 Å². The predicted molar refractivity (Wildman–Crippen MR) is 92.3 cm³/mol. The molecule has 1 saturated heterocycles. The molecule has 0 radical (unpaired) electrons. The maximum atomic E-state index is 12.7. The highest BCUT2D eigenvalue weighted by molar-refractivity contribution is 5.92. The fourth-order valence-electron chi connectivity index (χ4n) is 3.72. The molecule has 2 amide bonds. The lowest BCUT2D eigenvalue weighted by molar-refractivity contribution is -0.136. The minimum absolute atomic E-state index is 0.0652. The van der Waals surface area contributed by atoms with E-state index in [0.717, 1.165) is 18.5 Å². The first-order valence-electron chi connectivity index (χ1n) is 9.02. The molecule has 138 valence electrons. The fourth-order valence-corrected chi connectivity index (χ4v) is 3.72. The van der Waals surface area contributed by atoms with Crippen molar-refractivity contribution in [2.45, 2.75) is 50.1 Å². The lowest BCUT2D eigenvalue weighted by Gasteiger charge is -2.39. The predicted octanol–water partition coefficient (Wildman–Crippen LogP) is 1.77. The van der Waals surface area contributed by atoms with Gasteiger partial charge in [0.25, 0.3) is 5.91 Å². The molecule has 2 fully saturated rings. The van der Waals surface area contributed by atoms with Crippen molar-refractivity contribution >= 4 is 11.8 Å². The van der Waals surface area contributed by atoms with Crippen LogP contribution in [-0.4, -0.2) is 44.3 Å². The molecular weight excluding hydrogens is 334 g/mol. The van der Waals surface area contributed by atoms with Crippen LogP contribution in [0, 0.1) is 0 Å². The Morgan fingerprint density at radius 2 is 2.12 bits per heavy atom. The Morgan fingerprint density at radius 3 is 2.77 bits per heavy atom. The lowest BCUT2D eigenvalue weighted by Crippen LogP contribution is -2.51. The summed E-state index contributed by atoms with van der Waals surface area (Å²) in [5.74, 6) is 0.798. The second kappa shape index (κ2) is 6.59. The highest BCUT2D eigenvalue weighted by atomic mass is 16.3. The van der Waals surface area contributed by atoms with Gasteiger partial charge in [-0.25, -0.2) is 9.97 Å². The summed E-state index contributed by atoms with van der Waals surface area (Å²) in [6.07, 6.45) is 9.18. The largest absolute Gasteiger partial charge is 0.448 e. The van der Waals surface area contributed by atoms with Crippen LogP contribution in [0.25, 0.3) is 0 Å². The molecular formula is C18H23N5O3. The second-order valence-electron chi connectivity index (χ2n) is 7.20. The van der Waals surface area contributed by atoms with Crippen molar-refractivity contribution in [1.82, 2.24) is 24.8 Å². The molecule has 2 atom stereocenters. The van der Waals surface area contributed by atoms with E-state index in [2.05, 4.69) is 15.3 Å². The molecule has 8 heteroatoms. The summed E-state index contributed by atoms with van der Waals surface area (Å²) in [7, 11) is 3.65. The monoisotopic (exact) mass is 357 g/mol. The first-order chi connectivity index (χ1) is 12.5. The number of carbonyl (C=O) groups excluding carboxylic acids is 2. The van der Waals surface area contributed by atoms with Crippen molar-refractivity contribution in [3.05, 3.63) is 36.1 Å².